The van der Waals surface area contributed by atoms with Crippen molar-refractivity contribution in [2.24, 2.45) is 0 Å². The smallest absolute Gasteiger partial charge is 0.208 e. The number of nitrogens with zero attached hydrogens (tertiary/aromatic N) is 1. The normalized spacial score (nSPS) is 11.8. The van der Waals surface area contributed by atoms with E-state index in [-0.39, 0.29) is 0 Å². The molecule has 0 saturated carbocycles. The van der Waals surface area contributed by atoms with Crippen molar-refractivity contribution in [2.45, 2.75) is 0 Å². The van der Waals surface area contributed by atoms with Crippen LogP contribution in [0.5, 0.6) is 0 Å². The van der Waals surface area contributed by atoms with E-state index in [4.69, 9.17) is 0 Å². The van der Waals surface area contributed by atoms with Gasteiger partial charge in [-0.05, 0) is 12.1 Å². The molecule has 0 radical (unpaired) electrons. The second-order valence-electron chi connectivity index (χ2n) is 3.58. The van der Waals surface area contributed by atoms with Crippen molar-refractivity contribution in [2.75, 3.05) is 24.7 Å². The van der Waals surface area contributed by atoms with E-state index < -0.39 is 10.0 Å². The predicted molar refractivity (Wildman–Crippen MR) is 71.0 cm³/mol. The number of sulfonamides is 1. The maximum Gasteiger partial charge on any atom is 0.208 e. The van der Waals surface area contributed by atoms with Crippen molar-refractivity contribution in [3.8, 4) is 0 Å². The van der Waals surface area contributed by atoms with Crippen molar-refractivity contribution in [1.82, 2.24) is 9.71 Å². The van der Waals surface area contributed by atoms with Crippen molar-refractivity contribution < 1.29 is 8.42 Å². The molecule has 0 aliphatic carbocycles. The van der Waals surface area contributed by atoms with Crippen LogP contribution in [0.3, 0.4) is 0 Å². The fourth-order valence-electron chi connectivity index (χ4n) is 1.35. The Balaban J connectivity index is 1.91. The molecule has 17 heavy (non-hydrogen) atoms. The molecule has 0 bridgehead atoms. The highest BCUT2D eigenvalue weighted by Gasteiger charge is 2.03. The highest BCUT2D eigenvalue weighted by molar-refractivity contribution is 7.88. The van der Waals surface area contributed by atoms with E-state index >= 15 is 0 Å². The second-order valence-corrected chi connectivity index (χ2v) is 6.44. The molecule has 5 nitrogen and oxygen atoms in total. The maximum atomic E-state index is 10.8. The number of thiazole rings is 1. The summed E-state index contributed by atoms with van der Waals surface area (Å²) in [4.78, 5) is 4.38. The van der Waals surface area contributed by atoms with Crippen molar-refractivity contribution in [1.29, 1.82) is 0 Å². The molecule has 0 unspecified atom stereocenters. The predicted octanol–water partition coefficient (Wildman–Crippen LogP) is 1.26. The molecular weight excluding hydrogens is 258 g/mol. The number of fused-ring (bicyclic) bond motifs is 1. The number of hydrogen-bond acceptors (Lipinski definition) is 5. The van der Waals surface area contributed by atoms with Gasteiger partial charge in [-0.3, -0.25) is 0 Å². The number of benzene rings is 1. The molecule has 0 aliphatic heterocycles. The zero-order valence-corrected chi connectivity index (χ0v) is 10.9. The number of para-hydroxylation sites is 1. The van der Waals surface area contributed by atoms with Gasteiger partial charge < -0.3 is 5.32 Å². The quantitative estimate of drug-likeness (QED) is 0.803. The number of hydrogen-bond donors (Lipinski definition) is 2. The van der Waals surface area contributed by atoms with Gasteiger partial charge in [0, 0.05) is 13.1 Å². The minimum absolute atomic E-state index is 0.356. The molecule has 1 aromatic carbocycles. The van der Waals surface area contributed by atoms with Gasteiger partial charge in [0.2, 0.25) is 10.0 Å². The first kappa shape index (κ1) is 12.3. The van der Waals surface area contributed by atoms with Gasteiger partial charge in [-0.15, -0.1) is 0 Å². The monoisotopic (exact) mass is 271 g/mol. The Morgan fingerprint density at radius 3 is 2.76 bits per heavy atom. The highest BCUT2D eigenvalue weighted by Crippen LogP contribution is 2.24. The summed E-state index contributed by atoms with van der Waals surface area (Å²) >= 11 is 1.56. The first-order chi connectivity index (χ1) is 8.04. The number of nitrogens with one attached hydrogen (secondary N) is 2. The lowest BCUT2D eigenvalue weighted by atomic mass is 10.3. The second kappa shape index (κ2) is 4.99. The van der Waals surface area contributed by atoms with Gasteiger partial charge in [0.25, 0.3) is 0 Å². The van der Waals surface area contributed by atoms with Crippen LogP contribution in [0.2, 0.25) is 0 Å². The van der Waals surface area contributed by atoms with Gasteiger partial charge in [0.1, 0.15) is 0 Å². The van der Waals surface area contributed by atoms with E-state index in [1.165, 1.54) is 0 Å². The van der Waals surface area contributed by atoms with Crippen LogP contribution in [-0.2, 0) is 10.0 Å². The third kappa shape index (κ3) is 3.65. The lowest BCUT2D eigenvalue weighted by molar-refractivity contribution is 0.589. The topological polar surface area (TPSA) is 71.1 Å². The molecule has 1 aromatic heterocycles. The van der Waals surface area contributed by atoms with Crippen molar-refractivity contribution >= 4 is 36.7 Å². The van der Waals surface area contributed by atoms with Crippen molar-refractivity contribution in [3.05, 3.63) is 24.3 Å². The zero-order chi connectivity index (χ0) is 12.3. The van der Waals surface area contributed by atoms with E-state index in [2.05, 4.69) is 15.0 Å². The van der Waals surface area contributed by atoms with Gasteiger partial charge in [-0.2, -0.15) is 0 Å². The van der Waals surface area contributed by atoms with E-state index in [9.17, 15) is 8.42 Å². The fourth-order valence-corrected chi connectivity index (χ4v) is 2.72. The van der Waals surface area contributed by atoms with E-state index in [0.29, 0.717) is 13.1 Å². The summed E-state index contributed by atoms with van der Waals surface area (Å²) in [5, 5.41) is 3.89. The van der Waals surface area contributed by atoms with Crippen LogP contribution in [0.15, 0.2) is 24.3 Å². The number of rotatable bonds is 5. The summed E-state index contributed by atoms with van der Waals surface area (Å²) in [6.45, 7) is 0.877. The first-order valence-corrected chi connectivity index (χ1v) is 7.79. The Morgan fingerprint density at radius 1 is 1.29 bits per heavy atom. The van der Waals surface area contributed by atoms with Crippen LogP contribution in [0.4, 0.5) is 5.13 Å². The summed E-state index contributed by atoms with van der Waals surface area (Å²) in [5.41, 5.74) is 0.955. The summed E-state index contributed by atoms with van der Waals surface area (Å²) < 4.78 is 25.2. The molecule has 2 rings (SSSR count). The standard InChI is InChI=1S/C10H13N3O2S2/c1-17(14,15)12-7-6-11-10-13-8-4-2-3-5-9(8)16-10/h2-5,12H,6-7H2,1H3,(H,11,13). The molecule has 0 amide bonds. The third-order valence-corrected chi connectivity index (χ3v) is 3.78. The lowest BCUT2D eigenvalue weighted by Crippen LogP contribution is -2.27. The highest BCUT2D eigenvalue weighted by atomic mass is 32.2. The van der Waals surface area contributed by atoms with E-state index in [1.54, 1.807) is 11.3 Å². The Hall–Kier alpha value is -1.18. The van der Waals surface area contributed by atoms with Gasteiger partial charge in [0.15, 0.2) is 5.13 Å². The van der Waals surface area contributed by atoms with Crippen molar-refractivity contribution in [3.63, 3.8) is 0 Å². The molecule has 0 aliphatic rings. The molecule has 1 heterocycles. The molecule has 0 fully saturated rings. The summed E-state index contributed by atoms with van der Waals surface area (Å²) in [6.07, 6.45) is 1.14. The summed E-state index contributed by atoms with van der Waals surface area (Å²) in [5.74, 6) is 0. The maximum absolute atomic E-state index is 10.8. The third-order valence-electron chi connectivity index (χ3n) is 2.06. The number of anilines is 1. The molecule has 2 aromatic rings. The van der Waals surface area contributed by atoms with Gasteiger partial charge in [-0.25, -0.2) is 18.1 Å². The summed E-state index contributed by atoms with van der Waals surface area (Å²) in [6, 6.07) is 7.87. The zero-order valence-electron chi connectivity index (χ0n) is 9.30. The SMILES string of the molecule is CS(=O)(=O)NCCNc1nc2ccccc2s1. The minimum atomic E-state index is -3.11. The Bertz CT molecular complexity index is 574. The van der Waals surface area contributed by atoms with Crippen LogP contribution < -0.4 is 10.0 Å². The van der Waals surface area contributed by atoms with Crippen LogP contribution in [0, 0.1) is 0 Å². The average molecular weight is 271 g/mol. The molecule has 92 valence electrons. The molecule has 0 spiro atoms. The summed E-state index contributed by atoms with van der Waals surface area (Å²) in [7, 11) is -3.11. The number of aromatic nitrogens is 1. The lowest BCUT2D eigenvalue weighted by Gasteiger charge is -2.02. The first-order valence-electron chi connectivity index (χ1n) is 5.09. The average Bonchev–Trinajstić information content (AvgIpc) is 2.65. The molecule has 0 saturated heterocycles. The van der Waals surface area contributed by atoms with E-state index in [0.717, 1.165) is 21.6 Å². The van der Waals surface area contributed by atoms with Gasteiger partial charge >= 0.3 is 0 Å². The van der Waals surface area contributed by atoms with Crippen LogP contribution in [-0.4, -0.2) is 32.7 Å². The van der Waals surface area contributed by atoms with Gasteiger partial charge in [-0.1, -0.05) is 23.5 Å². The van der Waals surface area contributed by atoms with Crippen LogP contribution >= 0.6 is 11.3 Å². The molecule has 2 N–H and O–H groups in total. The minimum Gasteiger partial charge on any atom is -0.360 e. The Morgan fingerprint density at radius 2 is 2.06 bits per heavy atom. The van der Waals surface area contributed by atoms with Gasteiger partial charge in [0.05, 0.1) is 16.5 Å². The molecule has 7 heteroatoms. The molecular formula is C10H13N3O2S2. The largest absolute Gasteiger partial charge is 0.360 e. The van der Waals surface area contributed by atoms with E-state index in [1.807, 2.05) is 24.3 Å². The molecule has 0 atom stereocenters. The van der Waals surface area contributed by atoms with Crippen LogP contribution in [0.25, 0.3) is 10.2 Å². The van der Waals surface area contributed by atoms with Crippen LogP contribution in [0.1, 0.15) is 0 Å². The Kier molecular flexibility index (Phi) is 3.60. The Labute approximate surface area is 104 Å². The fraction of sp³-hybridized carbons (Fsp3) is 0.300.